The maximum Gasteiger partial charge on any atom is 0.256 e. The van der Waals surface area contributed by atoms with Crippen molar-refractivity contribution in [1.82, 2.24) is 4.72 Å². The van der Waals surface area contributed by atoms with E-state index in [9.17, 15) is 18.3 Å². The third kappa shape index (κ3) is 3.93. The van der Waals surface area contributed by atoms with E-state index in [-0.39, 0.29) is 28.4 Å². The van der Waals surface area contributed by atoms with Crippen LogP contribution in [0.5, 0.6) is 5.75 Å². The van der Waals surface area contributed by atoms with Crippen LogP contribution < -0.4 is 10.0 Å². The van der Waals surface area contributed by atoms with Gasteiger partial charge in [0.15, 0.2) is 0 Å². The van der Waals surface area contributed by atoms with Crippen molar-refractivity contribution in [2.45, 2.75) is 25.7 Å². The van der Waals surface area contributed by atoms with E-state index in [1.165, 1.54) is 18.2 Å². The summed E-state index contributed by atoms with van der Waals surface area (Å²) in [7, 11) is -3.65. The summed E-state index contributed by atoms with van der Waals surface area (Å²) in [5.74, 6) is -0.530. The first kappa shape index (κ1) is 18.0. The van der Waals surface area contributed by atoms with Crippen LogP contribution in [0, 0.1) is 13.8 Å². The van der Waals surface area contributed by atoms with Crippen molar-refractivity contribution < 1.29 is 18.3 Å². The number of hydrogen-bond acceptors (Lipinski definition) is 4. The number of carbonyl (C=O) groups is 1. The normalized spacial score (nSPS) is 11.3. The average Bonchev–Trinajstić information content (AvgIpc) is 2.50. The molecule has 0 atom stereocenters. The molecule has 2 rings (SSSR count). The Labute approximate surface area is 141 Å². The SMILES string of the molecule is CCNS(=O)(=O)c1ccc(C)c(C(=O)Nc2ccc(C)cc2O)c1. The number of benzene rings is 2. The van der Waals surface area contributed by atoms with Gasteiger partial charge in [0, 0.05) is 12.1 Å². The summed E-state index contributed by atoms with van der Waals surface area (Å²) in [6.07, 6.45) is 0. The molecule has 0 heterocycles. The first-order valence-electron chi connectivity index (χ1n) is 7.46. The molecule has 0 aliphatic heterocycles. The minimum Gasteiger partial charge on any atom is -0.506 e. The minimum absolute atomic E-state index is 0.0215. The van der Waals surface area contributed by atoms with Gasteiger partial charge in [-0.2, -0.15) is 0 Å². The van der Waals surface area contributed by atoms with E-state index in [0.29, 0.717) is 5.56 Å². The van der Waals surface area contributed by atoms with Crippen molar-refractivity contribution >= 4 is 21.6 Å². The topological polar surface area (TPSA) is 95.5 Å². The fourth-order valence-corrected chi connectivity index (χ4v) is 3.29. The molecular weight excluding hydrogens is 328 g/mol. The average molecular weight is 348 g/mol. The van der Waals surface area contributed by atoms with Gasteiger partial charge in [-0.25, -0.2) is 13.1 Å². The molecule has 24 heavy (non-hydrogen) atoms. The largest absolute Gasteiger partial charge is 0.506 e. The maximum absolute atomic E-state index is 12.5. The van der Waals surface area contributed by atoms with Crippen LogP contribution >= 0.6 is 0 Å². The Balaban J connectivity index is 2.35. The molecule has 1 amide bonds. The number of aryl methyl sites for hydroxylation is 2. The molecule has 2 aromatic carbocycles. The first-order chi connectivity index (χ1) is 11.2. The van der Waals surface area contributed by atoms with Gasteiger partial charge in [0.25, 0.3) is 5.91 Å². The molecule has 0 unspecified atom stereocenters. The molecule has 6 nitrogen and oxygen atoms in total. The molecule has 7 heteroatoms. The Morgan fingerprint density at radius 1 is 1.12 bits per heavy atom. The fourth-order valence-electron chi connectivity index (χ4n) is 2.22. The molecule has 0 fully saturated rings. The Hall–Kier alpha value is -2.38. The van der Waals surface area contributed by atoms with Crippen LogP contribution in [-0.2, 0) is 10.0 Å². The van der Waals surface area contributed by atoms with Gasteiger partial charge in [0.05, 0.1) is 10.6 Å². The van der Waals surface area contributed by atoms with E-state index >= 15 is 0 Å². The summed E-state index contributed by atoms with van der Waals surface area (Å²) in [6, 6.07) is 9.25. The number of rotatable bonds is 5. The lowest BCUT2D eigenvalue weighted by atomic mass is 10.1. The second-order valence-corrected chi connectivity index (χ2v) is 7.22. The predicted molar refractivity (Wildman–Crippen MR) is 92.8 cm³/mol. The lowest BCUT2D eigenvalue weighted by Gasteiger charge is -2.12. The molecule has 2 aromatic rings. The minimum atomic E-state index is -3.65. The lowest BCUT2D eigenvalue weighted by Crippen LogP contribution is -2.24. The van der Waals surface area contributed by atoms with Crippen LogP contribution in [0.15, 0.2) is 41.3 Å². The van der Waals surface area contributed by atoms with E-state index < -0.39 is 15.9 Å². The second kappa shape index (κ2) is 7.02. The van der Waals surface area contributed by atoms with E-state index in [2.05, 4.69) is 10.0 Å². The second-order valence-electron chi connectivity index (χ2n) is 5.45. The van der Waals surface area contributed by atoms with E-state index in [4.69, 9.17) is 0 Å². The van der Waals surface area contributed by atoms with Crippen LogP contribution in [-0.4, -0.2) is 26.0 Å². The number of amides is 1. The van der Waals surface area contributed by atoms with Crippen molar-refractivity contribution in [3.63, 3.8) is 0 Å². The smallest absolute Gasteiger partial charge is 0.256 e. The van der Waals surface area contributed by atoms with Crippen LogP contribution in [0.1, 0.15) is 28.4 Å². The van der Waals surface area contributed by atoms with Crippen LogP contribution in [0.25, 0.3) is 0 Å². The molecule has 128 valence electrons. The summed E-state index contributed by atoms with van der Waals surface area (Å²) >= 11 is 0. The number of phenolic OH excluding ortho intramolecular Hbond substituents is 1. The molecule has 0 spiro atoms. The highest BCUT2D eigenvalue weighted by atomic mass is 32.2. The van der Waals surface area contributed by atoms with Gasteiger partial charge in [-0.15, -0.1) is 0 Å². The summed E-state index contributed by atoms with van der Waals surface area (Å²) in [5, 5.41) is 12.5. The number of nitrogens with one attached hydrogen (secondary N) is 2. The highest BCUT2D eigenvalue weighted by Crippen LogP contribution is 2.25. The van der Waals surface area contributed by atoms with Gasteiger partial charge in [-0.3, -0.25) is 4.79 Å². The number of anilines is 1. The molecule has 0 saturated carbocycles. The van der Waals surface area contributed by atoms with Gasteiger partial charge >= 0.3 is 0 Å². The van der Waals surface area contributed by atoms with Gasteiger partial charge < -0.3 is 10.4 Å². The molecule has 0 saturated heterocycles. The van der Waals surface area contributed by atoms with E-state index in [1.807, 2.05) is 6.92 Å². The van der Waals surface area contributed by atoms with Gasteiger partial charge in [-0.05, 0) is 49.2 Å². The highest BCUT2D eigenvalue weighted by molar-refractivity contribution is 7.89. The molecule has 0 aliphatic rings. The quantitative estimate of drug-likeness (QED) is 0.724. The number of hydrogen-bond donors (Lipinski definition) is 3. The summed E-state index contributed by atoms with van der Waals surface area (Å²) < 4.78 is 26.6. The zero-order valence-corrected chi connectivity index (χ0v) is 14.6. The molecule has 0 bridgehead atoms. The number of carbonyl (C=O) groups excluding carboxylic acids is 1. The fraction of sp³-hybridized carbons (Fsp3) is 0.235. The maximum atomic E-state index is 12.5. The lowest BCUT2D eigenvalue weighted by molar-refractivity contribution is 0.102. The Bertz CT molecular complexity index is 876. The third-order valence-corrected chi connectivity index (χ3v) is 5.04. The molecular formula is C17H20N2O4S. The van der Waals surface area contributed by atoms with Crippen molar-refractivity contribution in [2.75, 3.05) is 11.9 Å². The molecule has 0 aliphatic carbocycles. The Morgan fingerprint density at radius 2 is 1.83 bits per heavy atom. The summed E-state index contributed by atoms with van der Waals surface area (Å²) in [5.41, 5.74) is 1.99. The monoisotopic (exact) mass is 348 g/mol. The van der Waals surface area contributed by atoms with Crippen molar-refractivity contribution in [1.29, 1.82) is 0 Å². The van der Waals surface area contributed by atoms with Crippen molar-refractivity contribution in [3.05, 3.63) is 53.1 Å². The van der Waals surface area contributed by atoms with E-state index in [1.54, 1.807) is 32.0 Å². The number of sulfonamides is 1. The zero-order chi connectivity index (χ0) is 17.9. The standard InChI is InChI=1S/C17H20N2O4S/c1-4-18-24(22,23)13-7-6-12(3)14(10-13)17(21)19-15-8-5-11(2)9-16(15)20/h5-10,18,20H,4H2,1-3H3,(H,19,21). The zero-order valence-electron chi connectivity index (χ0n) is 13.8. The number of phenols is 1. The third-order valence-electron chi connectivity index (χ3n) is 3.50. The summed E-state index contributed by atoms with van der Waals surface area (Å²) in [6.45, 7) is 5.48. The van der Waals surface area contributed by atoms with Crippen LogP contribution in [0.2, 0.25) is 0 Å². The van der Waals surface area contributed by atoms with Crippen molar-refractivity contribution in [2.24, 2.45) is 0 Å². The highest BCUT2D eigenvalue weighted by Gasteiger charge is 2.18. The Kier molecular flexibility index (Phi) is 5.26. The molecule has 0 radical (unpaired) electrons. The number of aromatic hydroxyl groups is 1. The van der Waals surface area contributed by atoms with E-state index in [0.717, 1.165) is 5.56 Å². The first-order valence-corrected chi connectivity index (χ1v) is 8.94. The molecule has 3 N–H and O–H groups in total. The Morgan fingerprint density at radius 3 is 2.46 bits per heavy atom. The van der Waals surface area contributed by atoms with Crippen molar-refractivity contribution in [3.8, 4) is 5.75 Å². The summed E-state index contributed by atoms with van der Waals surface area (Å²) in [4.78, 5) is 12.5. The van der Waals surface area contributed by atoms with Gasteiger partial charge in [-0.1, -0.05) is 19.1 Å². The molecule has 0 aromatic heterocycles. The van der Waals surface area contributed by atoms with Gasteiger partial charge in [0.2, 0.25) is 10.0 Å². The van der Waals surface area contributed by atoms with Crippen LogP contribution in [0.3, 0.4) is 0 Å². The predicted octanol–water partition coefficient (Wildman–Crippen LogP) is 2.56. The van der Waals surface area contributed by atoms with Crippen LogP contribution in [0.4, 0.5) is 5.69 Å². The van der Waals surface area contributed by atoms with Gasteiger partial charge in [0.1, 0.15) is 5.75 Å².